The van der Waals surface area contributed by atoms with E-state index in [2.05, 4.69) is 5.32 Å². The minimum atomic E-state index is -0.592. The zero-order chi connectivity index (χ0) is 21.0. The van der Waals surface area contributed by atoms with Gasteiger partial charge in [0.1, 0.15) is 12.0 Å². The van der Waals surface area contributed by atoms with Crippen molar-refractivity contribution in [1.82, 2.24) is 4.90 Å². The van der Waals surface area contributed by atoms with E-state index in [1.54, 1.807) is 41.3 Å². The summed E-state index contributed by atoms with van der Waals surface area (Å²) in [5.74, 6) is 0.330. The number of carbonyl (C=O) groups excluding carboxylic acids is 2. The maximum Gasteiger partial charge on any atom is 0.411 e. The zero-order valence-corrected chi connectivity index (χ0v) is 18.6. The number of hydrogen-bond acceptors (Lipinski definition) is 4. The van der Waals surface area contributed by atoms with E-state index in [0.717, 1.165) is 5.56 Å². The molecule has 0 radical (unpaired) electrons. The molecule has 154 valence electrons. The van der Waals surface area contributed by atoms with Gasteiger partial charge in [-0.25, -0.2) is 4.79 Å². The van der Waals surface area contributed by atoms with E-state index in [-0.39, 0.29) is 23.9 Å². The Morgan fingerprint density at radius 2 is 1.90 bits per heavy atom. The number of nitrogens with one attached hydrogen (secondary N) is 1. The van der Waals surface area contributed by atoms with Gasteiger partial charge in [0, 0.05) is 26.3 Å². The van der Waals surface area contributed by atoms with Gasteiger partial charge < -0.3 is 9.64 Å². The standard InChI is InChI=1S/C20H19Cl3N2O3S/c1-2-15(10-28-20(27)24-14-6-3-12(21)4-7-14)25-18(26)11-29-19(25)16-8-5-13(22)9-17(16)23/h3-9,15,19H,2,10-11H2,1H3,(H,24,27)/t15-,19-/m0/s1. The van der Waals surface area contributed by atoms with Crippen LogP contribution in [0.3, 0.4) is 0 Å². The Hall–Kier alpha value is -1.60. The number of thioether (sulfide) groups is 1. The maximum absolute atomic E-state index is 12.6. The van der Waals surface area contributed by atoms with Crippen LogP contribution >= 0.6 is 46.6 Å². The zero-order valence-electron chi connectivity index (χ0n) is 15.5. The summed E-state index contributed by atoms with van der Waals surface area (Å²) >= 11 is 19.7. The number of halogens is 3. The summed E-state index contributed by atoms with van der Waals surface area (Å²) in [6, 6.07) is 11.7. The van der Waals surface area contributed by atoms with Gasteiger partial charge in [-0.2, -0.15) is 0 Å². The highest BCUT2D eigenvalue weighted by atomic mass is 35.5. The molecule has 1 heterocycles. The fourth-order valence-corrected chi connectivity index (χ4v) is 5.01. The molecule has 0 aliphatic carbocycles. The van der Waals surface area contributed by atoms with Crippen molar-refractivity contribution < 1.29 is 14.3 Å². The van der Waals surface area contributed by atoms with Crippen LogP contribution in [0.1, 0.15) is 24.3 Å². The lowest BCUT2D eigenvalue weighted by Crippen LogP contribution is -2.41. The third-order valence-corrected chi connectivity index (χ3v) is 6.52. The molecule has 0 aromatic heterocycles. The number of ether oxygens (including phenoxy) is 1. The van der Waals surface area contributed by atoms with Gasteiger partial charge >= 0.3 is 6.09 Å². The molecule has 0 saturated carbocycles. The number of rotatable bonds is 6. The molecule has 2 atom stereocenters. The molecule has 3 rings (SSSR count). The summed E-state index contributed by atoms with van der Waals surface area (Å²) < 4.78 is 5.38. The molecule has 2 aromatic rings. The molecule has 1 aliphatic heterocycles. The SMILES string of the molecule is CC[C@@H](COC(=O)Nc1ccc(Cl)cc1)N1C(=O)CS[C@H]1c1ccc(Cl)cc1Cl. The summed E-state index contributed by atoms with van der Waals surface area (Å²) in [7, 11) is 0. The van der Waals surface area contributed by atoms with Crippen LogP contribution in [0.25, 0.3) is 0 Å². The molecule has 1 aliphatic rings. The first-order chi connectivity index (χ1) is 13.9. The summed E-state index contributed by atoms with van der Waals surface area (Å²) in [4.78, 5) is 26.5. The number of carbonyl (C=O) groups is 2. The minimum Gasteiger partial charge on any atom is -0.447 e. The number of anilines is 1. The fraction of sp³-hybridized carbons (Fsp3) is 0.300. The quantitative estimate of drug-likeness (QED) is 0.539. The highest BCUT2D eigenvalue weighted by molar-refractivity contribution is 8.00. The highest BCUT2D eigenvalue weighted by Crippen LogP contribution is 2.43. The van der Waals surface area contributed by atoms with Gasteiger partial charge in [-0.1, -0.05) is 47.8 Å². The second kappa shape index (κ2) is 9.94. The molecule has 29 heavy (non-hydrogen) atoms. The van der Waals surface area contributed by atoms with E-state index in [1.807, 2.05) is 13.0 Å². The molecule has 0 bridgehead atoms. The van der Waals surface area contributed by atoms with Gasteiger partial charge in [0.25, 0.3) is 0 Å². The lowest BCUT2D eigenvalue weighted by molar-refractivity contribution is -0.131. The van der Waals surface area contributed by atoms with Crippen LogP contribution in [0.4, 0.5) is 10.5 Å². The second-order valence-corrected chi connectivity index (χ2v) is 8.77. The summed E-state index contributed by atoms with van der Waals surface area (Å²) in [5.41, 5.74) is 1.39. The van der Waals surface area contributed by atoms with Gasteiger partial charge in [0.05, 0.1) is 11.8 Å². The molecular weight excluding hydrogens is 455 g/mol. The normalized spacial score (nSPS) is 17.3. The smallest absolute Gasteiger partial charge is 0.411 e. The molecule has 2 amide bonds. The van der Waals surface area contributed by atoms with Crippen molar-refractivity contribution in [3.8, 4) is 0 Å². The van der Waals surface area contributed by atoms with Crippen molar-refractivity contribution in [2.24, 2.45) is 0 Å². The van der Waals surface area contributed by atoms with E-state index >= 15 is 0 Å². The largest absolute Gasteiger partial charge is 0.447 e. The number of nitrogens with zero attached hydrogens (tertiary/aromatic N) is 1. The first kappa shape index (κ1) is 22.1. The number of hydrogen-bond donors (Lipinski definition) is 1. The fourth-order valence-electron chi connectivity index (χ4n) is 3.03. The Bertz CT molecular complexity index is 895. The topological polar surface area (TPSA) is 58.6 Å². The van der Waals surface area contributed by atoms with Crippen LogP contribution in [0.15, 0.2) is 42.5 Å². The first-order valence-electron chi connectivity index (χ1n) is 8.96. The predicted molar refractivity (Wildman–Crippen MR) is 119 cm³/mol. The number of amides is 2. The van der Waals surface area contributed by atoms with Crippen molar-refractivity contribution >= 4 is 64.3 Å². The van der Waals surface area contributed by atoms with E-state index in [1.165, 1.54) is 11.8 Å². The van der Waals surface area contributed by atoms with Gasteiger partial charge in [-0.05, 0) is 42.8 Å². The lowest BCUT2D eigenvalue weighted by atomic mass is 10.1. The molecule has 5 nitrogen and oxygen atoms in total. The number of benzene rings is 2. The van der Waals surface area contributed by atoms with E-state index in [9.17, 15) is 9.59 Å². The molecular formula is C20H19Cl3N2O3S. The molecule has 2 aromatic carbocycles. The van der Waals surface area contributed by atoms with Crippen LogP contribution in [-0.4, -0.2) is 35.3 Å². The van der Waals surface area contributed by atoms with Crippen LogP contribution in [-0.2, 0) is 9.53 Å². The molecule has 1 saturated heterocycles. The van der Waals surface area contributed by atoms with Crippen LogP contribution < -0.4 is 5.32 Å². The van der Waals surface area contributed by atoms with Crippen molar-refractivity contribution in [2.75, 3.05) is 17.7 Å². The highest BCUT2D eigenvalue weighted by Gasteiger charge is 2.38. The average molecular weight is 474 g/mol. The Balaban J connectivity index is 1.67. The Labute approximate surface area is 188 Å². The van der Waals surface area contributed by atoms with Crippen molar-refractivity contribution in [3.05, 3.63) is 63.1 Å². The first-order valence-corrected chi connectivity index (χ1v) is 11.1. The summed E-state index contributed by atoms with van der Waals surface area (Å²) in [5, 5.41) is 4.01. The van der Waals surface area contributed by atoms with Gasteiger partial charge in [-0.15, -0.1) is 11.8 Å². The predicted octanol–water partition coefficient (Wildman–Crippen LogP) is 6.25. The van der Waals surface area contributed by atoms with Crippen LogP contribution in [0.2, 0.25) is 15.1 Å². The Kier molecular flexibility index (Phi) is 7.57. The Morgan fingerprint density at radius 3 is 2.55 bits per heavy atom. The minimum absolute atomic E-state index is 0.0143. The monoisotopic (exact) mass is 472 g/mol. The van der Waals surface area contributed by atoms with Crippen molar-refractivity contribution in [3.63, 3.8) is 0 Å². The van der Waals surface area contributed by atoms with E-state index in [0.29, 0.717) is 32.9 Å². The molecule has 1 fully saturated rings. The van der Waals surface area contributed by atoms with Crippen LogP contribution in [0, 0.1) is 0 Å². The van der Waals surface area contributed by atoms with Gasteiger partial charge in [-0.3, -0.25) is 10.1 Å². The molecule has 1 N–H and O–H groups in total. The Morgan fingerprint density at radius 1 is 1.21 bits per heavy atom. The summed E-state index contributed by atoms with van der Waals surface area (Å²) in [6.45, 7) is 2.02. The van der Waals surface area contributed by atoms with Gasteiger partial charge in [0.15, 0.2) is 0 Å². The van der Waals surface area contributed by atoms with Crippen molar-refractivity contribution in [1.29, 1.82) is 0 Å². The maximum atomic E-state index is 12.6. The third-order valence-electron chi connectivity index (χ3n) is 4.50. The lowest BCUT2D eigenvalue weighted by Gasteiger charge is -2.32. The third kappa shape index (κ3) is 5.51. The van der Waals surface area contributed by atoms with Crippen molar-refractivity contribution in [2.45, 2.75) is 24.8 Å². The van der Waals surface area contributed by atoms with Gasteiger partial charge in [0.2, 0.25) is 5.91 Å². The second-order valence-electron chi connectivity index (χ2n) is 6.42. The summed E-state index contributed by atoms with van der Waals surface area (Å²) in [6.07, 6.45) is 0.0357. The molecule has 0 unspecified atom stereocenters. The average Bonchev–Trinajstić information content (AvgIpc) is 3.05. The van der Waals surface area contributed by atoms with E-state index < -0.39 is 6.09 Å². The molecule has 0 spiro atoms. The van der Waals surface area contributed by atoms with E-state index in [4.69, 9.17) is 39.5 Å². The molecule has 9 heteroatoms. The van der Waals surface area contributed by atoms with Crippen LogP contribution in [0.5, 0.6) is 0 Å².